The Balaban J connectivity index is 1.17. The number of furan rings is 1. The summed E-state index contributed by atoms with van der Waals surface area (Å²) in [7, 11) is 0. The maximum absolute atomic E-state index is 13.4. The molecule has 0 atom stereocenters. The van der Waals surface area contributed by atoms with Crippen LogP contribution in [-0.2, 0) is 14.9 Å². The monoisotopic (exact) mass is 446 g/mol. The molecule has 172 valence electrons. The molecule has 2 aromatic carbocycles. The minimum atomic E-state index is -0.516. The van der Waals surface area contributed by atoms with Gasteiger partial charge in [0, 0.05) is 38.2 Å². The SMILES string of the molecule is O=C(c1cc2ccccc2o1)N1CCC(CNC(=O)C2(c3ccccc3)CCOCC2)CC1. The summed E-state index contributed by atoms with van der Waals surface area (Å²) in [4.78, 5) is 28.1. The van der Waals surface area contributed by atoms with Gasteiger partial charge < -0.3 is 19.4 Å². The van der Waals surface area contributed by atoms with E-state index in [0.717, 1.165) is 29.4 Å². The number of piperidine rings is 1. The highest BCUT2D eigenvalue weighted by Crippen LogP contribution is 2.35. The van der Waals surface area contributed by atoms with Crippen LogP contribution in [0.3, 0.4) is 0 Å². The molecule has 0 spiro atoms. The Hall–Kier alpha value is -3.12. The van der Waals surface area contributed by atoms with E-state index in [0.29, 0.717) is 57.4 Å². The lowest BCUT2D eigenvalue weighted by Gasteiger charge is -2.37. The van der Waals surface area contributed by atoms with Gasteiger partial charge >= 0.3 is 0 Å². The van der Waals surface area contributed by atoms with E-state index in [2.05, 4.69) is 5.32 Å². The highest BCUT2D eigenvalue weighted by molar-refractivity contribution is 5.96. The van der Waals surface area contributed by atoms with Gasteiger partial charge in [-0.3, -0.25) is 9.59 Å². The summed E-state index contributed by atoms with van der Waals surface area (Å²) in [5, 5.41) is 4.18. The third-order valence-corrected chi connectivity index (χ3v) is 7.20. The summed E-state index contributed by atoms with van der Waals surface area (Å²) in [6.45, 7) is 3.19. The maximum atomic E-state index is 13.4. The van der Waals surface area contributed by atoms with Crippen molar-refractivity contribution in [3.63, 3.8) is 0 Å². The third-order valence-electron chi connectivity index (χ3n) is 7.20. The van der Waals surface area contributed by atoms with Crippen LogP contribution < -0.4 is 5.32 Å². The molecule has 1 aromatic heterocycles. The van der Waals surface area contributed by atoms with Gasteiger partial charge in [0.15, 0.2) is 5.76 Å². The summed E-state index contributed by atoms with van der Waals surface area (Å²) in [6, 6.07) is 19.6. The lowest BCUT2D eigenvalue weighted by Crippen LogP contribution is -2.50. The Morgan fingerprint density at radius 2 is 1.67 bits per heavy atom. The van der Waals surface area contributed by atoms with Crippen LogP contribution >= 0.6 is 0 Å². The average Bonchev–Trinajstić information content (AvgIpc) is 3.32. The molecule has 0 aliphatic carbocycles. The third kappa shape index (κ3) is 4.40. The van der Waals surface area contributed by atoms with E-state index in [9.17, 15) is 9.59 Å². The number of rotatable bonds is 5. The predicted octanol–water partition coefficient (Wildman–Crippen LogP) is 4.15. The zero-order valence-electron chi connectivity index (χ0n) is 18.8. The van der Waals surface area contributed by atoms with E-state index in [4.69, 9.17) is 9.15 Å². The Labute approximate surface area is 193 Å². The zero-order chi connectivity index (χ0) is 22.7. The highest BCUT2D eigenvalue weighted by Gasteiger charge is 2.41. The van der Waals surface area contributed by atoms with E-state index in [1.54, 1.807) is 0 Å². The molecule has 1 N–H and O–H groups in total. The first-order valence-electron chi connectivity index (χ1n) is 11.9. The molecule has 3 heterocycles. The molecule has 6 heteroatoms. The number of nitrogens with one attached hydrogen (secondary N) is 1. The molecular weight excluding hydrogens is 416 g/mol. The number of carbonyl (C=O) groups is 2. The second-order valence-corrected chi connectivity index (χ2v) is 9.15. The van der Waals surface area contributed by atoms with Crippen molar-refractivity contribution in [2.75, 3.05) is 32.8 Å². The molecular formula is C27H30N2O4. The van der Waals surface area contributed by atoms with Crippen LogP contribution in [0.1, 0.15) is 41.8 Å². The second kappa shape index (κ2) is 9.40. The minimum absolute atomic E-state index is 0.0566. The molecule has 6 nitrogen and oxygen atoms in total. The molecule has 3 aromatic rings. The van der Waals surface area contributed by atoms with Gasteiger partial charge in [-0.05, 0) is 49.3 Å². The predicted molar refractivity (Wildman–Crippen MR) is 126 cm³/mol. The molecule has 2 saturated heterocycles. The van der Waals surface area contributed by atoms with E-state index in [1.807, 2.05) is 65.6 Å². The largest absolute Gasteiger partial charge is 0.451 e. The number of carbonyl (C=O) groups excluding carboxylic acids is 2. The fraction of sp³-hybridized carbons (Fsp3) is 0.407. The summed E-state index contributed by atoms with van der Waals surface area (Å²) in [6.07, 6.45) is 3.14. The van der Waals surface area contributed by atoms with Crippen LogP contribution in [-0.4, -0.2) is 49.6 Å². The van der Waals surface area contributed by atoms with Gasteiger partial charge in [-0.1, -0.05) is 48.5 Å². The molecule has 0 saturated carbocycles. The topological polar surface area (TPSA) is 71.8 Å². The standard InChI is InChI=1S/C27H30N2O4/c30-25(24-18-21-6-4-5-9-23(21)33-24)29-14-10-20(11-15-29)19-28-26(31)27(12-16-32-17-13-27)22-7-2-1-3-8-22/h1-9,18,20H,10-17,19H2,(H,28,31). The Morgan fingerprint density at radius 1 is 0.970 bits per heavy atom. The fourth-order valence-corrected chi connectivity index (χ4v) is 5.11. The number of hydrogen-bond acceptors (Lipinski definition) is 4. The average molecular weight is 447 g/mol. The van der Waals surface area contributed by atoms with Crippen molar-refractivity contribution in [3.8, 4) is 0 Å². The molecule has 2 amide bonds. The van der Waals surface area contributed by atoms with E-state index >= 15 is 0 Å². The van der Waals surface area contributed by atoms with Gasteiger partial charge in [0.1, 0.15) is 5.58 Å². The fourth-order valence-electron chi connectivity index (χ4n) is 5.11. The number of benzene rings is 2. The lowest BCUT2D eigenvalue weighted by atomic mass is 9.73. The highest BCUT2D eigenvalue weighted by atomic mass is 16.5. The van der Waals surface area contributed by atoms with Crippen LogP contribution in [0.25, 0.3) is 11.0 Å². The normalized spacial score (nSPS) is 18.8. The van der Waals surface area contributed by atoms with Crippen molar-refractivity contribution in [1.29, 1.82) is 0 Å². The summed E-state index contributed by atoms with van der Waals surface area (Å²) in [5.41, 5.74) is 1.29. The van der Waals surface area contributed by atoms with Crippen molar-refractivity contribution in [1.82, 2.24) is 10.2 Å². The number of likely N-dealkylation sites (tertiary alicyclic amines) is 1. The molecule has 2 aliphatic rings. The van der Waals surface area contributed by atoms with Gasteiger partial charge in [0.05, 0.1) is 5.41 Å². The number of hydrogen-bond donors (Lipinski definition) is 1. The lowest BCUT2D eigenvalue weighted by molar-refractivity contribution is -0.130. The molecule has 0 unspecified atom stereocenters. The number of para-hydroxylation sites is 1. The molecule has 2 fully saturated rings. The van der Waals surface area contributed by atoms with Gasteiger partial charge in [-0.2, -0.15) is 0 Å². The first kappa shape index (κ1) is 21.7. The van der Waals surface area contributed by atoms with Crippen LogP contribution in [0.2, 0.25) is 0 Å². The first-order valence-corrected chi connectivity index (χ1v) is 11.9. The van der Waals surface area contributed by atoms with E-state index in [-0.39, 0.29) is 11.8 Å². The smallest absolute Gasteiger partial charge is 0.289 e. The van der Waals surface area contributed by atoms with Gasteiger partial charge in [0.2, 0.25) is 5.91 Å². The number of ether oxygens (including phenoxy) is 1. The van der Waals surface area contributed by atoms with Crippen molar-refractivity contribution < 1.29 is 18.7 Å². The number of amides is 2. The maximum Gasteiger partial charge on any atom is 0.289 e. The number of fused-ring (bicyclic) bond motifs is 1. The quantitative estimate of drug-likeness (QED) is 0.639. The Bertz CT molecular complexity index is 1080. The van der Waals surface area contributed by atoms with Crippen molar-refractivity contribution in [2.45, 2.75) is 31.1 Å². The van der Waals surface area contributed by atoms with E-state index in [1.165, 1.54) is 0 Å². The van der Waals surface area contributed by atoms with Crippen molar-refractivity contribution >= 4 is 22.8 Å². The van der Waals surface area contributed by atoms with Gasteiger partial charge in [0.25, 0.3) is 5.91 Å². The zero-order valence-corrected chi connectivity index (χ0v) is 18.8. The molecule has 2 aliphatic heterocycles. The first-order chi connectivity index (χ1) is 16.2. The Morgan fingerprint density at radius 3 is 2.39 bits per heavy atom. The summed E-state index contributed by atoms with van der Waals surface area (Å²) in [5.74, 6) is 0.797. The molecule has 5 rings (SSSR count). The molecule has 0 radical (unpaired) electrons. The van der Waals surface area contributed by atoms with Crippen molar-refractivity contribution in [3.05, 3.63) is 72.0 Å². The molecule has 0 bridgehead atoms. The van der Waals surface area contributed by atoms with Crippen LogP contribution in [0, 0.1) is 5.92 Å². The number of nitrogens with zero attached hydrogens (tertiary/aromatic N) is 1. The second-order valence-electron chi connectivity index (χ2n) is 9.15. The van der Waals surface area contributed by atoms with Crippen molar-refractivity contribution in [2.24, 2.45) is 5.92 Å². The van der Waals surface area contributed by atoms with Gasteiger partial charge in [-0.15, -0.1) is 0 Å². The van der Waals surface area contributed by atoms with Gasteiger partial charge in [-0.25, -0.2) is 0 Å². The van der Waals surface area contributed by atoms with Crippen LogP contribution in [0.5, 0.6) is 0 Å². The molecule has 33 heavy (non-hydrogen) atoms. The summed E-state index contributed by atoms with van der Waals surface area (Å²) >= 11 is 0. The minimum Gasteiger partial charge on any atom is -0.451 e. The Kier molecular flexibility index (Phi) is 6.18. The summed E-state index contributed by atoms with van der Waals surface area (Å²) < 4.78 is 11.3. The van der Waals surface area contributed by atoms with Crippen LogP contribution in [0.15, 0.2) is 65.1 Å². The van der Waals surface area contributed by atoms with Crippen LogP contribution in [0.4, 0.5) is 0 Å². The van der Waals surface area contributed by atoms with E-state index < -0.39 is 5.41 Å².